The van der Waals surface area contributed by atoms with Crippen LogP contribution in [0.2, 0.25) is 0 Å². The van der Waals surface area contributed by atoms with Gasteiger partial charge in [-0.3, -0.25) is 9.89 Å². The van der Waals surface area contributed by atoms with E-state index in [0.29, 0.717) is 31.5 Å². The van der Waals surface area contributed by atoms with Crippen molar-refractivity contribution in [2.24, 2.45) is 4.99 Å². The maximum atomic E-state index is 12.5. The molecule has 1 aromatic rings. The number of likely N-dealkylation sites (tertiary alicyclic amines) is 1. The van der Waals surface area contributed by atoms with Crippen LogP contribution in [0.15, 0.2) is 29.3 Å². The summed E-state index contributed by atoms with van der Waals surface area (Å²) in [7, 11) is 1.69. The maximum Gasteiger partial charge on any atom is 0.401 e. The van der Waals surface area contributed by atoms with Crippen LogP contribution in [0, 0.1) is 0 Å². The molecular weight excluding hydrogens is 482 g/mol. The van der Waals surface area contributed by atoms with E-state index in [2.05, 4.69) is 51.7 Å². The fourth-order valence-corrected chi connectivity index (χ4v) is 4.00. The second-order valence-corrected chi connectivity index (χ2v) is 7.35. The first-order valence-corrected chi connectivity index (χ1v) is 9.46. The molecule has 1 aromatic carbocycles. The molecule has 0 aromatic heterocycles. The van der Waals surface area contributed by atoms with E-state index >= 15 is 0 Å². The molecule has 0 saturated carbocycles. The maximum absolute atomic E-state index is 12.5. The SMILES string of the molecule is CN=C(NCCN1c2ccccc2CC1C)NC1CCN(CC(F)(F)F)C1.I. The highest BCUT2D eigenvalue weighted by molar-refractivity contribution is 14.0. The summed E-state index contributed by atoms with van der Waals surface area (Å²) >= 11 is 0. The van der Waals surface area contributed by atoms with Gasteiger partial charge in [-0.1, -0.05) is 18.2 Å². The predicted molar refractivity (Wildman–Crippen MR) is 118 cm³/mol. The van der Waals surface area contributed by atoms with E-state index in [9.17, 15) is 13.2 Å². The fraction of sp³-hybridized carbons (Fsp3) is 0.632. The Balaban J connectivity index is 0.00000280. The lowest BCUT2D eigenvalue weighted by Gasteiger charge is -2.26. The standard InChI is InChI=1S/C19H28F3N5.HI/c1-14-11-15-5-3-4-6-17(15)27(14)10-8-24-18(23-2)25-16-7-9-26(12-16)13-19(20,21)22;/h3-6,14,16H,7-13H2,1-2H3,(H2,23,24,25);1H. The van der Waals surface area contributed by atoms with Crippen molar-refractivity contribution in [3.8, 4) is 0 Å². The smallest absolute Gasteiger partial charge is 0.367 e. The van der Waals surface area contributed by atoms with Crippen molar-refractivity contribution >= 4 is 35.6 Å². The first-order valence-electron chi connectivity index (χ1n) is 9.46. The highest BCUT2D eigenvalue weighted by atomic mass is 127. The fourth-order valence-electron chi connectivity index (χ4n) is 4.00. The minimum atomic E-state index is -4.14. The van der Waals surface area contributed by atoms with Gasteiger partial charge in [0.05, 0.1) is 6.54 Å². The van der Waals surface area contributed by atoms with Crippen LogP contribution in [0.3, 0.4) is 0 Å². The molecule has 28 heavy (non-hydrogen) atoms. The molecule has 2 heterocycles. The molecule has 1 saturated heterocycles. The number of para-hydroxylation sites is 1. The zero-order valence-corrected chi connectivity index (χ0v) is 18.6. The van der Waals surface area contributed by atoms with Crippen LogP contribution in [0.4, 0.5) is 18.9 Å². The first kappa shape index (κ1) is 23.1. The summed E-state index contributed by atoms with van der Waals surface area (Å²) in [6.45, 7) is 3.79. The van der Waals surface area contributed by atoms with Gasteiger partial charge in [0.2, 0.25) is 0 Å². The van der Waals surface area contributed by atoms with E-state index in [1.807, 2.05) is 0 Å². The first-order chi connectivity index (χ1) is 12.9. The van der Waals surface area contributed by atoms with Gasteiger partial charge >= 0.3 is 6.18 Å². The highest BCUT2D eigenvalue weighted by Crippen LogP contribution is 2.31. The van der Waals surface area contributed by atoms with Gasteiger partial charge in [-0.15, -0.1) is 24.0 Å². The Kier molecular flexibility index (Phi) is 8.23. The summed E-state index contributed by atoms with van der Waals surface area (Å²) in [5.41, 5.74) is 2.66. The van der Waals surface area contributed by atoms with Crippen molar-refractivity contribution in [2.45, 2.75) is 38.0 Å². The third kappa shape index (κ3) is 6.13. The lowest BCUT2D eigenvalue weighted by atomic mass is 10.1. The Bertz CT molecular complexity index is 667. The lowest BCUT2D eigenvalue weighted by molar-refractivity contribution is -0.143. The normalized spacial score (nSPS) is 22.8. The topological polar surface area (TPSA) is 42.9 Å². The number of hydrogen-bond donors (Lipinski definition) is 2. The molecule has 2 N–H and O–H groups in total. The van der Waals surface area contributed by atoms with Gasteiger partial charge in [0.1, 0.15) is 0 Å². The number of nitrogens with zero attached hydrogens (tertiary/aromatic N) is 3. The number of hydrogen-bond acceptors (Lipinski definition) is 3. The summed E-state index contributed by atoms with van der Waals surface area (Å²) in [6, 6.07) is 8.91. The monoisotopic (exact) mass is 511 g/mol. The van der Waals surface area contributed by atoms with Crippen molar-refractivity contribution in [3.05, 3.63) is 29.8 Å². The Labute approximate surface area is 181 Å². The summed E-state index contributed by atoms with van der Waals surface area (Å²) in [5, 5.41) is 6.54. The van der Waals surface area contributed by atoms with Crippen LogP contribution >= 0.6 is 24.0 Å². The van der Waals surface area contributed by atoms with Crippen molar-refractivity contribution in [1.82, 2.24) is 15.5 Å². The summed E-state index contributed by atoms with van der Waals surface area (Å²) in [4.78, 5) is 8.04. The van der Waals surface area contributed by atoms with Crippen molar-refractivity contribution in [3.63, 3.8) is 0 Å². The van der Waals surface area contributed by atoms with Crippen molar-refractivity contribution in [1.29, 1.82) is 0 Å². The summed E-state index contributed by atoms with van der Waals surface area (Å²) < 4.78 is 37.5. The molecule has 3 rings (SSSR count). The minimum Gasteiger partial charge on any atom is -0.367 e. The van der Waals surface area contributed by atoms with Gasteiger partial charge in [0, 0.05) is 51.0 Å². The number of fused-ring (bicyclic) bond motifs is 1. The van der Waals surface area contributed by atoms with Crippen molar-refractivity contribution < 1.29 is 13.2 Å². The van der Waals surface area contributed by atoms with E-state index in [0.717, 1.165) is 19.5 Å². The molecule has 0 spiro atoms. The molecular formula is C19H29F3IN5. The molecule has 5 nitrogen and oxygen atoms in total. The zero-order valence-electron chi connectivity index (χ0n) is 16.3. The van der Waals surface area contributed by atoms with Crippen LogP contribution in [0.5, 0.6) is 0 Å². The van der Waals surface area contributed by atoms with Crippen LogP contribution in [-0.4, -0.2) is 68.9 Å². The van der Waals surface area contributed by atoms with E-state index in [1.165, 1.54) is 16.2 Å². The van der Waals surface area contributed by atoms with E-state index < -0.39 is 12.7 Å². The zero-order chi connectivity index (χ0) is 19.4. The Morgan fingerprint density at radius 3 is 2.75 bits per heavy atom. The van der Waals surface area contributed by atoms with Gasteiger partial charge in [-0.05, 0) is 31.4 Å². The van der Waals surface area contributed by atoms with Crippen LogP contribution < -0.4 is 15.5 Å². The molecule has 0 bridgehead atoms. The Morgan fingerprint density at radius 1 is 1.29 bits per heavy atom. The van der Waals surface area contributed by atoms with Gasteiger partial charge in [0.25, 0.3) is 0 Å². The molecule has 0 amide bonds. The summed E-state index contributed by atoms with van der Waals surface area (Å²) in [6.07, 6.45) is -2.40. The second kappa shape index (κ2) is 10.00. The van der Waals surface area contributed by atoms with Gasteiger partial charge in [-0.25, -0.2) is 0 Å². The number of anilines is 1. The van der Waals surface area contributed by atoms with Crippen molar-refractivity contribution in [2.75, 3.05) is 44.7 Å². The molecule has 2 atom stereocenters. The number of benzene rings is 1. The molecule has 2 aliphatic heterocycles. The van der Waals surface area contributed by atoms with Gasteiger partial charge in [-0.2, -0.15) is 13.2 Å². The van der Waals surface area contributed by atoms with E-state index in [1.54, 1.807) is 7.05 Å². The van der Waals surface area contributed by atoms with E-state index in [4.69, 9.17) is 0 Å². The number of rotatable bonds is 5. The average Bonchev–Trinajstić information content (AvgIpc) is 3.16. The molecule has 1 fully saturated rings. The molecule has 0 radical (unpaired) electrons. The van der Waals surface area contributed by atoms with Crippen LogP contribution in [0.1, 0.15) is 18.9 Å². The van der Waals surface area contributed by atoms with Gasteiger partial charge < -0.3 is 15.5 Å². The number of aliphatic imine (C=N–C) groups is 1. The second-order valence-electron chi connectivity index (χ2n) is 7.35. The molecule has 0 aliphatic carbocycles. The highest BCUT2D eigenvalue weighted by Gasteiger charge is 2.34. The summed E-state index contributed by atoms with van der Waals surface area (Å²) in [5.74, 6) is 0.647. The molecule has 158 valence electrons. The predicted octanol–water partition coefficient (Wildman–Crippen LogP) is 2.86. The molecule has 2 unspecified atom stereocenters. The number of nitrogens with one attached hydrogen (secondary N) is 2. The number of halogens is 4. The average molecular weight is 511 g/mol. The Hall–Kier alpha value is -1.23. The third-order valence-electron chi connectivity index (χ3n) is 5.23. The van der Waals surface area contributed by atoms with E-state index in [-0.39, 0.29) is 30.0 Å². The largest absolute Gasteiger partial charge is 0.401 e. The minimum absolute atomic E-state index is 0. The Morgan fingerprint density at radius 2 is 2.04 bits per heavy atom. The van der Waals surface area contributed by atoms with Gasteiger partial charge in [0.15, 0.2) is 5.96 Å². The lowest BCUT2D eigenvalue weighted by Crippen LogP contribution is -2.47. The van der Waals surface area contributed by atoms with Crippen LogP contribution in [-0.2, 0) is 6.42 Å². The molecule has 9 heteroatoms. The number of guanidine groups is 1. The third-order valence-corrected chi connectivity index (χ3v) is 5.23. The quantitative estimate of drug-likeness (QED) is 0.363. The molecule has 2 aliphatic rings. The van der Waals surface area contributed by atoms with Crippen LogP contribution in [0.25, 0.3) is 0 Å². The number of alkyl halides is 3.